The Morgan fingerprint density at radius 2 is 1.88 bits per heavy atom. The van der Waals surface area contributed by atoms with Crippen LogP contribution in [0.4, 0.5) is 4.39 Å². The van der Waals surface area contributed by atoms with Crippen molar-refractivity contribution in [2.24, 2.45) is 5.92 Å². The van der Waals surface area contributed by atoms with Crippen molar-refractivity contribution >= 4 is 11.8 Å². The van der Waals surface area contributed by atoms with Crippen LogP contribution in [0.15, 0.2) is 29.2 Å². The molecule has 0 radical (unpaired) electrons. The van der Waals surface area contributed by atoms with Crippen LogP contribution >= 0.6 is 11.8 Å². The standard InChI is InChI=1S/C14H19FOS/c15-12-5-7-14(8-6-12)17-10-13(16)9-11-3-1-2-4-11/h5-8,11,13,16H,1-4,9-10H2. The molecule has 1 saturated carbocycles. The molecule has 0 bridgehead atoms. The maximum Gasteiger partial charge on any atom is 0.123 e. The molecule has 1 aromatic carbocycles. The van der Waals surface area contributed by atoms with Crippen molar-refractivity contribution in [1.29, 1.82) is 0 Å². The first kappa shape index (κ1) is 12.9. The van der Waals surface area contributed by atoms with Crippen molar-refractivity contribution in [1.82, 2.24) is 0 Å². The summed E-state index contributed by atoms with van der Waals surface area (Å²) in [5.74, 6) is 1.22. The van der Waals surface area contributed by atoms with Gasteiger partial charge in [-0.1, -0.05) is 25.7 Å². The van der Waals surface area contributed by atoms with Crippen LogP contribution in [-0.2, 0) is 0 Å². The Balaban J connectivity index is 1.71. The fourth-order valence-electron chi connectivity index (χ4n) is 2.42. The fraction of sp³-hybridized carbons (Fsp3) is 0.571. The zero-order valence-corrected chi connectivity index (χ0v) is 10.8. The normalized spacial score (nSPS) is 18.5. The molecule has 1 N–H and O–H groups in total. The zero-order chi connectivity index (χ0) is 12.1. The summed E-state index contributed by atoms with van der Waals surface area (Å²) in [6, 6.07) is 6.46. The highest BCUT2D eigenvalue weighted by molar-refractivity contribution is 7.99. The van der Waals surface area contributed by atoms with Gasteiger partial charge in [-0.2, -0.15) is 0 Å². The number of hydrogen-bond acceptors (Lipinski definition) is 2. The molecular weight excluding hydrogens is 235 g/mol. The molecule has 1 aliphatic carbocycles. The van der Waals surface area contributed by atoms with Crippen LogP contribution in [0.1, 0.15) is 32.1 Å². The molecule has 0 amide bonds. The minimum Gasteiger partial charge on any atom is -0.392 e. The first-order chi connectivity index (χ1) is 8.24. The van der Waals surface area contributed by atoms with E-state index in [1.165, 1.54) is 37.8 Å². The van der Waals surface area contributed by atoms with E-state index in [9.17, 15) is 9.50 Å². The van der Waals surface area contributed by atoms with Gasteiger partial charge >= 0.3 is 0 Å². The molecule has 0 aliphatic heterocycles. The van der Waals surface area contributed by atoms with Crippen molar-refractivity contribution in [3.05, 3.63) is 30.1 Å². The summed E-state index contributed by atoms with van der Waals surface area (Å²) >= 11 is 1.60. The Kier molecular flexibility index (Phi) is 4.86. The maximum absolute atomic E-state index is 12.7. The number of aliphatic hydroxyl groups is 1. The summed E-state index contributed by atoms with van der Waals surface area (Å²) in [6.45, 7) is 0. The van der Waals surface area contributed by atoms with Crippen LogP contribution in [0.5, 0.6) is 0 Å². The molecule has 1 aliphatic rings. The number of thioether (sulfide) groups is 1. The van der Waals surface area contributed by atoms with E-state index in [-0.39, 0.29) is 11.9 Å². The lowest BCUT2D eigenvalue weighted by atomic mass is 10.0. The lowest BCUT2D eigenvalue weighted by molar-refractivity contribution is 0.166. The first-order valence-electron chi connectivity index (χ1n) is 6.30. The van der Waals surface area contributed by atoms with Gasteiger partial charge in [-0.25, -0.2) is 4.39 Å². The van der Waals surface area contributed by atoms with Crippen LogP contribution in [0.2, 0.25) is 0 Å². The van der Waals surface area contributed by atoms with E-state index >= 15 is 0 Å². The van der Waals surface area contributed by atoms with Gasteiger partial charge in [0.1, 0.15) is 5.82 Å². The third-order valence-corrected chi connectivity index (χ3v) is 4.49. The largest absolute Gasteiger partial charge is 0.392 e. The highest BCUT2D eigenvalue weighted by Gasteiger charge is 2.18. The molecule has 1 atom stereocenters. The molecule has 0 heterocycles. The van der Waals surface area contributed by atoms with E-state index in [4.69, 9.17) is 0 Å². The molecule has 1 aromatic rings. The van der Waals surface area contributed by atoms with Crippen LogP contribution in [0.25, 0.3) is 0 Å². The van der Waals surface area contributed by atoms with Gasteiger partial charge < -0.3 is 5.11 Å². The number of hydrogen-bond donors (Lipinski definition) is 1. The molecule has 0 aromatic heterocycles. The lowest BCUT2D eigenvalue weighted by Crippen LogP contribution is -2.14. The minimum atomic E-state index is -0.229. The van der Waals surface area contributed by atoms with Crippen molar-refractivity contribution in [3.63, 3.8) is 0 Å². The van der Waals surface area contributed by atoms with E-state index in [2.05, 4.69) is 0 Å². The molecule has 94 valence electrons. The van der Waals surface area contributed by atoms with E-state index in [0.717, 1.165) is 17.2 Å². The topological polar surface area (TPSA) is 20.2 Å². The summed E-state index contributed by atoms with van der Waals surface area (Å²) in [5, 5.41) is 9.93. The van der Waals surface area contributed by atoms with Gasteiger partial charge in [-0.05, 0) is 36.6 Å². The van der Waals surface area contributed by atoms with Crippen molar-refractivity contribution in [2.75, 3.05) is 5.75 Å². The van der Waals surface area contributed by atoms with Gasteiger partial charge in [0, 0.05) is 10.6 Å². The van der Waals surface area contributed by atoms with Gasteiger partial charge in [0.25, 0.3) is 0 Å². The average molecular weight is 254 g/mol. The maximum atomic E-state index is 12.7. The minimum absolute atomic E-state index is 0.208. The molecule has 0 spiro atoms. The summed E-state index contributed by atoms with van der Waals surface area (Å²) in [4.78, 5) is 1.02. The Labute approximate surface area is 106 Å². The van der Waals surface area contributed by atoms with Gasteiger partial charge in [-0.3, -0.25) is 0 Å². The van der Waals surface area contributed by atoms with E-state index < -0.39 is 0 Å². The molecule has 2 rings (SSSR count). The third kappa shape index (κ3) is 4.32. The smallest absolute Gasteiger partial charge is 0.123 e. The molecule has 17 heavy (non-hydrogen) atoms. The second-order valence-corrected chi connectivity index (χ2v) is 5.90. The summed E-state index contributed by atoms with van der Waals surface area (Å²) in [6.07, 6.45) is 5.89. The summed E-state index contributed by atoms with van der Waals surface area (Å²) < 4.78 is 12.7. The zero-order valence-electron chi connectivity index (χ0n) is 9.94. The number of halogens is 1. The molecule has 1 nitrogen and oxygen atoms in total. The average Bonchev–Trinajstić information content (AvgIpc) is 2.81. The van der Waals surface area contributed by atoms with Crippen molar-refractivity contribution in [3.8, 4) is 0 Å². The second kappa shape index (κ2) is 6.41. The van der Waals surface area contributed by atoms with Crippen molar-refractivity contribution < 1.29 is 9.50 Å². The molecule has 3 heteroatoms. The molecular formula is C14H19FOS. The molecule has 1 unspecified atom stereocenters. The highest BCUT2D eigenvalue weighted by Crippen LogP contribution is 2.30. The van der Waals surface area contributed by atoms with Crippen molar-refractivity contribution in [2.45, 2.75) is 43.1 Å². The van der Waals surface area contributed by atoms with E-state index in [0.29, 0.717) is 5.75 Å². The Morgan fingerprint density at radius 3 is 2.53 bits per heavy atom. The van der Waals surface area contributed by atoms with Crippen LogP contribution in [0, 0.1) is 11.7 Å². The summed E-state index contributed by atoms with van der Waals surface area (Å²) in [7, 11) is 0. The summed E-state index contributed by atoms with van der Waals surface area (Å²) in [5.41, 5.74) is 0. The van der Waals surface area contributed by atoms with Crippen LogP contribution < -0.4 is 0 Å². The Hall–Kier alpha value is -0.540. The van der Waals surface area contributed by atoms with Gasteiger partial charge in [-0.15, -0.1) is 11.8 Å². The second-order valence-electron chi connectivity index (χ2n) is 4.80. The van der Waals surface area contributed by atoms with Gasteiger partial charge in [0.2, 0.25) is 0 Å². The Morgan fingerprint density at radius 1 is 1.24 bits per heavy atom. The lowest BCUT2D eigenvalue weighted by Gasteiger charge is -2.14. The molecule has 1 fully saturated rings. The quantitative estimate of drug-likeness (QED) is 0.805. The SMILES string of the molecule is OC(CSc1ccc(F)cc1)CC1CCCC1. The number of benzene rings is 1. The van der Waals surface area contributed by atoms with Gasteiger partial charge in [0.05, 0.1) is 6.10 Å². The predicted octanol–water partition coefficient (Wildman–Crippen LogP) is 3.86. The third-order valence-electron chi connectivity index (χ3n) is 3.34. The van der Waals surface area contributed by atoms with Gasteiger partial charge in [0.15, 0.2) is 0 Å². The highest BCUT2D eigenvalue weighted by atomic mass is 32.2. The molecule has 0 saturated heterocycles. The van der Waals surface area contributed by atoms with Crippen LogP contribution in [-0.4, -0.2) is 17.0 Å². The predicted molar refractivity (Wildman–Crippen MR) is 69.7 cm³/mol. The monoisotopic (exact) mass is 254 g/mol. The fourth-order valence-corrected chi connectivity index (χ4v) is 3.27. The first-order valence-corrected chi connectivity index (χ1v) is 7.29. The van der Waals surface area contributed by atoms with E-state index in [1.807, 2.05) is 0 Å². The van der Waals surface area contributed by atoms with E-state index in [1.54, 1.807) is 23.9 Å². The Bertz CT molecular complexity index is 333. The number of rotatable bonds is 5. The van der Waals surface area contributed by atoms with Crippen LogP contribution in [0.3, 0.4) is 0 Å². The number of aliphatic hydroxyl groups excluding tert-OH is 1.